The molecule has 270 valence electrons. The molecule has 3 heterocycles. The molecule has 0 amide bonds. The molecule has 0 saturated heterocycles. The first kappa shape index (κ1) is 33.1. The summed E-state index contributed by atoms with van der Waals surface area (Å²) in [7, 11) is 0. The summed E-state index contributed by atoms with van der Waals surface area (Å²) in [4.78, 5) is 10.6. The number of allylic oxidation sites excluding steroid dienone is 1. The molecular formula is C53H38N4. The quantitative estimate of drug-likeness (QED) is 0.171. The lowest BCUT2D eigenvalue weighted by Crippen LogP contribution is -2.06. The predicted molar refractivity (Wildman–Crippen MR) is 237 cm³/mol. The van der Waals surface area contributed by atoms with Crippen molar-refractivity contribution in [3.8, 4) is 56.4 Å². The van der Waals surface area contributed by atoms with Crippen molar-refractivity contribution in [3.63, 3.8) is 0 Å². The van der Waals surface area contributed by atoms with Gasteiger partial charge in [0, 0.05) is 49.9 Å². The highest BCUT2D eigenvalue weighted by Crippen LogP contribution is 2.40. The second-order valence-electron chi connectivity index (χ2n) is 15.1. The van der Waals surface area contributed by atoms with E-state index in [1.54, 1.807) is 0 Å². The van der Waals surface area contributed by atoms with Crippen LogP contribution in [-0.2, 0) is 6.42 Å². The molecular weight excluding hydrogens is 693 g/mol. The molecule has 0 fully saturated rings. The minimum Gasteiger partial charge on any atom is -0.309 e. The Hall–Kier alpha value is -7.30. The molecule has 1 aliphatic carbocycles. The summed E-state index contributed by atoms with van der Waals surface area (Å²) in [6.45, 7) is 2.30. The van der Waals surface area contributed by atoms with Crippen molar-refractivity contribution < 1.29 is 0 Å². The Morgan fingerprint density at radius 1 is 0.439 bits per heavy atom. The Bertz CT molecular complexity index is 3110. The van der Waals surface area contributed by atoms with E-state index in [2.05, 4.69) is 204 Å². The zero-order valence-corrected chi connectivity index (χ0v) is 31.5. The number of fused-ring (bicyclic) bond motifs is 6. The van der Waals surface area contributed by atoms with E-state index in [9.17, 15) is 0 Å². The topological polar surface area (TPSA) is 35.6 Å². The van der Waals surface area contributed by atoms with Crippen LogP contribution >= 0.6 is 0 Å². The molecule has 10 aromatic rings. The van der Waals surface area contributed by atoms with Crippen molar-refractivity contribution in [1.29, 1.82) is 0 Å². The van der Waals surface area contributed by atoms with Gasteiger partial charge in [0.1, 0.15) is 0 Å². The van der Waals surface area contributed by atoms with Gasteiger partial charge >= 0.3 is 0 Å². The van der Waals surface area contributed by atoms with E-state index in [-0.39, 0.29) is 0 Å². The summed E-state index contributed by atoms with van der Waals surface area (Å²) in [6, 6.07) is 65.0. The van der Waals surface area contributed by atoms with E-state index < -0.39 is 0 Å². The number of nitrogens with zero attached hydrogens (tertiary/aromatic N) is 4. The van der Waals surface area contributed by atoms with Crippen molar-refractivity contribution in [2.75, 3.05) is 0 Å². The molecule has 0 saturated carbocycles. The van der Waals surface area contributed by atoms with Gasteiger partial charge < -0.3 is 9.13 Å². The number of benzene rings is 7. The van der Waals surface area contributed by atoms with Crippen LogP contribution in [0, 0.1) is 5.92 Å². The van der Waals surface area contributed by atoms with Gasteiger partial charge in [-0.15, -0.1) is 0 Å². The summed E-state index contributed by atoms with van der Waals surface area (Å²) < 4.78 is 4.87. The second kappa shape index (κ2) is 13.5. The van der Waals surface area contributed by atoms with Crippen LogP contribution in [0.4, 0.5) is 0 Å². The largest absolute Gasteiger partial charge is 0.309 e. The van der Waals surface area contributed by atoms with E-state index in [4.69, 9.17) is 9.97 Å². The average Bonchev–Trinajstić information content (AvgIpc) is 3.79. The van der Waals surface area contributed by atoms with Crippen molar-refractivity contribution in [3.05, 3.63) is 199 Å². The maximum Gasteiger partial charge on any atom is 0.160 e. The number of rotatable bonds is 6. The van der Waals surface area contributed by atoms with E-state index in [1.807, 2.05) is 6.07 Å². The number of hydrogen-bond donors (Lipinski definition) is 0. The summed E-state index contributed by atoms with van der Waals surface area (Å²) in [6.07, 6.45) is 5.69. The van der Waals surface area contributed by atoms with Gasteiger partial charge in [-0.05, 0) is 83.6 Å². The van der Waals surface area contributed by atoms with Crippen molar-refractivity contribution in [2.24, 2.45) is 5.92 Å². The highest BCUT2D eigenvalue weighted by molar-refractivity contribution is 6.09. The molecule has 0 aliphatic heterocycles. The molecule has 7 aromatic carbocycles. The zero-order chi connectivity index (χ0) is 37.9. The van der Waals surface area contributed by atoms with Crippen LogP contribution in [0.1, 0.15) is 18.2 Å². The standard InChI is InChI=1S/C53H38N4/c1-35-27-28-52-46(29-35)45-23-10-13-26-51(45)57(52)42-32-40(31-41(33-42)56-49-24-11-8-21-43(49)44-22-9-12-25-50(44)56)48-34-47(54-53(55-48)37-17-6-3-7-18-37)39-20-14-19-38(30-39)36-15-4-2-5-16-36/h2-28,30-35H,29H2,1H3. The summed E-state index contributed by atoms with van der Waals surface area (Å²) in [5, 5.41) is 3.77. The van der Waals surface area contributed by atoms with Gasteiger partial charge in [-0.1, -0.05) is 146 Å². The highest BCUT2D eigenvalue weighted by Gasteiger charge is 2.23. The molecule has 0 spiro atoms. The summed E-state index contributed by atoms with van der Waals surface area (Å²) in [5.41, 5.74) is 15.4. The minimum absolute atomic E-state index is 0.479. The molecule has 57 heavy (non-hydrogen) atoms. The highest BCUT2D eigenvalue weighted by atomic mass is 15.0. The fourth-order valence-electron chi connectivity index (χ4n) is 8.79. The van der Waals surface area contributed by atoms with Crippen LogP contribution in [0.25, 0.3) is 95.2 Å². The number of aromatic nitrogens is 4. The summed E-state index contributed by atoms with van der Waals surface area (Å²) >= 11 is 0. The van der Waals surface area contributed by atoms with Gasteiger partial charge in [-0.2, -0.15) is 0 Å². The third kappa shape index (κ3) is 5.68. The van der Waals surface area contributed by atoms with Gasteiger partial charge in [0.05, 0.1) is 27.9 Å². The number of para-hydroxylation sites is 3. The van der Waals surface area contributed by atoms with Gasteiger partial charge in [0.25, 0.3) is 0 Å². The Morgan fingerprint density at radius 2 is 0.965 bits per heavy atom. The van der Waals surface area contributed by atoms with Crippen LogP contribution in [0.3, 0.4) is 0 Å². The molecule has 11 rings (SSSR count). The van der Waals surface area contributed by atoms with Crippen molar-refractivity contribution in [1.82, 2.24) is 19.1 Å². The SMILES string of the molecule is CC1C=Cc2c(c3ccccc3n2-c2cc(-c3cc(-c4cccc(-c5ccccc5)c4)nc(-c4ccccc4)n3)cc(-n3c4ccccc4c4ccccc43)c2)C1. The Morgan fingerprint density at radius 3 is 1.65 bits per heavy atom. The fraction of sp³-hybridized carbons (Fsp3) is 0.0566. The van der Waals surface area contributed by atoms with Crippen LogP contribution in [0.2, 0.25) is 0 Å². The Labute approximate surface area is 331 Å². The zero-order valence-electron chi connectivity index (χ0n) is 31.5. The molecule has 4 heteroatoms. The Balaban J connectivity index is 1.20. The van der Waals surface area contributed by atoms with Gasteiger partial charge in [-0.25, -0.2) is 9.97 Å². The third-order valence-corrected chi connectivity index (χ3v) is 11.4. The Kier molecular flexibility index (Phi) is 7.82. The molecule has 1 atom stereocenters. The summed E-state index contributed by atoms with van der Waals surface area (Å²) in [5.74, 6) is 1.17. The molecule has 0 radical (unpaired) electrons. The van der Waals surface area contributed by atoms with Crippen LogP contribution < -0.4 is 0 Å². The number of hydrogen-bond acceptors (Lipinski definition) is 2. The monoisotopic (exact) mass is 730 g/mol. The molecule has 0 bridgehead atoms. The fourth-order valence-corrected chi connectivity index (χ4v) is 8.79. The van der Waals surface area contributed by atoms with E-state index in [1.165, 1.54) is 49.5 Å². The first-order valence-electron chi connectivity index (χ1n) is 19.7. The smallest absolute Gasteiger partial charge is 0.160 e. The molecule has 1 unspecified atom stereocenters. The maximum atomic E-state index is 5.37. The van der Waals surface area contributed by atoms with Gasteiger partial charge in [0.15, 0.2) is 5.82 Å². The lowest BCUT2D eigenvalue weighted by Gasteiger charge is -2.18. The third-order valence-electron chi connectivity index (χ3n) is 11.4. The second-order valence-corrected chi connectivity index (χ2v) is 15.1. The van der Waals surface area contributed by atoms with E-state index in [0.29, 0.717) is 11.7 Å². The molecule has 3 aromatic heterocycles. The van der Waals surface area contributed by atoms with Gasteiger partial charge in [0.2, 0.25) is 0 Å². The molecule has 0 N–H and O–H groups in total. The lowest BCUT2D eigenvalue weighted by molar-refractivity contribution is 0.718. The lowest BCUT2D eigenvalue weighted by atomic mass is 9.93. The maximum absolute atomic E-state index is 5.37. The van der Waals surface area contributed by atoms with Crippen molar-refractivity contribution >= 4 is 38.8 Å². The predicted octanol–water partition coefficient (Wildman–Crippen LogP) is 13.4. The molecule has 4 nitrogen and oxygen atoms in total. The first-order chi connectivity index (χ1) is 28.2. The van der Waals surface area contributed by atoms with Gasteiger partial charge in [-0.3, -0.25) is 0 Å². The minimum atomic E-state index is 0.479. The van der Waals surface area contributed by atoms with Crippen LogP contribution in [-0.4, -0.2) is 19.1 Å². The normalized spacial score (nSPS) is 13.7. The molecule has 1 aliphatic rings. The van der Waals surface area contributed by atoms with E-state index >= 15 is 0 Å². The first-order valence-corrected chi connectivity index (χ1v) is 19.7. The average molecular weight is 731 g/mol. The van der Waals surface area contributed by atoms with Crippen LogP contribution in [0.15, 0.2) is 188 Å². The van der Waals surface area contributed by atoms with Crippen molar-refractivity contribution in [2.45, 2.75) is 13.3 Å². The van der Waals surface area contributed by atoms with Crippen LogP contribution in [0.5, 0.6) is 0 Å². The van der Waals surface area contributed by atoms with E-state index in [0.717, 1.165) is 51.4 Å².